The van der Waals surface area contributed by atoms with E-state index < -0.39 is 11.0 Å². The standard InChI is InChI=1S/C15H31NOS/c1-13(2,3)12-8-10-15(7,11-9-12)16-18(17)14(4,5)6/h12,16H,8-11H2,1-7H3. The van der Waals surface area contributed by atoms with Crippen molar-refractivity contribution in [2.45, 2.75) is 84.4 Å². The van der Waals surface area contributed by atoms with E-state index in [9.17, 15) is 4.21 Å². The van der Waals surface area contributed by atoms with E-state index in [-0.39, 0.29) is 10.3 Å². The Morgan fingerprint density at radius 3 is 1.83 bits per heavy atom. The molecule has 1 N–H and O–H groups in total. The fourth-order valence-corrected chi connectivity index (χ4v) is 3.56. The SMILES string of the molecule is CC1(NS(=O)C(C)(C)C)CCC(C(C)(C)C)CC1. The Balaban J connectivity index is 2.58. The minimum absolute atomic E-state index is 0.0554. The van der Waals surface area contributed by atoms with Gasteiger partial charge in [0, 0.05) is 5.54 Å². The van der Waals surface area contributed by atoms with Crippen LogP contribution in [0, 0.1) is 11.3 Å². The van der Waals surface area contributed by atoms with Crippen molar-refractivity contribution in [3.8, 4) is 0 Å². The van der Waals surface area contributed by atoms with Crippen molar-refractivity contribution in [3.05, 3.63) is 0 Å². The van der Waals surface area contributed by atoms with E-state index in [2.05, 4.69) is 32.4 Å². The van der Waals surface area contributed by atoms with Crippen LogP contribution in [0.25, 0.3) is 0 Å². The first kappa shape index (κ1) is 16.2. The van der Waals surface area contributed by atoms with Crippen LogP contribution in [0.1, 0.15) is 74.1 Å². The number of hydrogen-bond acceptors (Lipinski definition) is 1. The highest BCUT2D eigenvalue weighted by Crippen LogP contribution is 2.41. The number of hydrogen-bond donors (Lipinski definition) is 1. The normalized spacial score (nSPS) is 32.3. The van der Waals surface area contributed by atoms with Gasteiger partial charge in [0.1, 0.15) is 0 Å². The lowest BCUT2D eigenvalue weighted by Crippen LogP contribution is -2.50. The topological polar surface area (TPSA) is 29.1 Å². The molecule has 1 fully saturated rings. The molecule has 0 aromatic carbocycles. The van der Waals surface area contributed by atoms with Gasteiger partial charge < -0.3 is 0 Å². The monoisotopic (exact) mass is 273 g/mol. The van der Waals surface area contributed by atoms with Crippen LogP contribution in [-0.4, -0.2) is 14.5 Å². The first-order chi connectivity index (χ1) is 7.94. The molecule has 0 aromatic heterocycles. The molecule has 0 radical (unpaired) electrons. The first-order valence-electron chi connectivity index (χ1n) is 7.14. The van der Waals surface area contributed by atoms with Gasteiger partial charge in [-0.25, -0.2) is 8.93 Å². The van der Waals surface area contributed by atoms with Gasteiger partial charge in [-0.2, -0.15) is 0 Å². The lowest BCUT2D eigenvalue weighted by atomic mass is 9.68. The second-order valence-electron chi connectivity index (χ2n) is 8.18. The van der Waals surface area contributed by atoms with E-state index in [1.165, 1.54) is 12.8 Å². The number of nitrogens with one attached hydrogen (secondary N) is 1. The highest BCUT2D eigenvalue weighted by Gasteiger charge is 2.37. The van der Waals surface area contributed by atoms with Gasteiger partial charge in [-0.15, -0.1) is 0 Å². The lowest BCUT2D eigenvalue weighted by Gasteiger charge is -2.43. The Kier molecular flexibility index (Phi) is 4.71. The maximum Gasteiger partial charge on any atom is 0.0975 e. The molecule has 0 heterocycles. The van der Waals surface area contributed by atoms with E-state index >= 15 is 0 Å². The summed E-state index contributed by atoms with van der Waals surface area (Å²) in [7, 11) is -0.957. The van der Waals surface area contributed by atoms with Crippen LogP contribution < -0.4 is 4.72 Å². The first-order valence-corrected chi connectivity index (χ1v) is 8.29. The smallest absolute Gasteiger partial charge is 0.0975 e. The molecule has 3 heteroatoms. The molecule has 1 aliphatic carbocycles. The predicted octanol–water partition coefficient (Wildman–Crippen LogP) is 4.03. The second kappa shape index (κ2) is 5.24. The number of rotatable bonds is 2. The van der Waals surface area contributed by atoms with Crippen LogP contribution in [0.15, 0.2) is 0 Å². The van der Waals surface area contributed by atoms with E-state index in [4.69, 9.17) is 0 Å². The summed E-state index contributed by atoms with van der Waals surface area (Å²) in [5.74, 6) is 0.801. The van der Waals surface area contributed by atoms with Crippen molar-refractivity contribution in [2.75, 3.05) is 0 Å². The highest BCUT2D eigenvalue weighted by molar-refractivity contribution is 7.84. The maximum atomic E-state index is 12.2. The zero-order chi connectivity index (χ0) is 14.2. The highest BCUT2D eigenvalue weighted by atomic mass is 32.2. The van der Waals surface area contributed by atoms with Crippen molar-refractivity contribution in [1.29, 1.82) is 0 Å². The second-order valence-corrected chi connectivity index (χ2v) is 10.2. The Bertz CT molecular complexity index is 303. The zero-order valence-electron chi connectivity index (χ0n) is 13.2. The van der Waals surface area contributed by atoms with Crippen molar-refractivity contribution >= 4 is 11.0 Å². The lowest BCUT2D eigenvalue weighted by molar-refractivity contribution is 0.135. The summed E-state index contributed by atoms with van der Waals surface area (Å²) in [4.78, 5) is 0. The van der Waals surface area contributed by atoms with Crippen molar-refractivity contribution in [3.63, 3.8) is 0 Å². The van der Waals surface area contributed by atoms with Gasteiger partial charge in [0.05, 0.1) is 15.7 Å². The van der Waals surface area contributed by atoms with Crippen LogP contribution in [0.2, 0.25) is 0 Å². The fraction of sp³-hybridized carbons (Fsp3) is 1.00. The average Bonchev–Trinajstić information content (AvgIpc) is 2.14. The van der Waals surface area contributed by atoms with Crippen molar-refractivity contribution in [2.24, 2.45) is 11.3 Å². The molecule has 1 rings (SSSR count). The third-order valence-electron chi connectivity index (χ3n) is 4.21. The van der Waals surface area contributed by atoms with Gasteiger partial charge in [-0.1, -0.05) is 20.8 Å². The van der Waals surface area contributed by atoms with E-state index in [1.807, 2.05) is 20.8 Å². The van der Waals surface area contributed by atoms with E-state index in [0.717, 1.165) is 18.8 Å². The predicted molar refractivity (Wildman–Crippen MR) is 80.8 cm³/mol. The Morgan fingerprint density at radius 2 is 1.50 bits per heavy atom. The Hall–Kier alpha value is 0.110. The summed E-state index contributed by atoms with van der Waals surface area (Å²) in [6, 6.07) is 0. The molecular weight excluding hydrogens is 242 g/mol. The Labute approximate surface area is 116 Å². The largest absolute Gasteiger partial charge is 0.242 e. The molecule has 1 atom stereocenters. The molecule has 2 nitrogen and oxygen atoms in total. The fourth-order valence-electron chi connectivity index (χ4n) is 2.60. The quantitative estimate of drug-likeness (QED) is 0.808. The summed E-state index contributed by atoms with van der Waals surface area (Å²) >= 11 is 0. The molecular formula is C15H31NOS. The van der Waals surface area contributed by atoms with E-state index in [1.54, 1.807) is 0 Å². The van der Waals surface area contributed by atoms with Gasteiger partial charge in [-0.05, 0) is 64.7 Å². The maximum absolute atomic E-state index is 12.2. The van der Waals surface area contributed by atoms with Gasteiger partial charge >= 0.3 is 0 Å². The van der Waals surface area contributed by atoms with Crippen LogP contribution in [-0.2, 0) is 11.0 Å². The summed E-state index contributed by atoms with van der Waals surface area (Å²) in [6.45, 7) is 15.3. The minimum Gasteiger partial charge on any atom is -0.242 e. The summed E-state index contributed by atoms with van der Waals surface area (Å²) in [6.07, 6.45) is 4.76. The molecule has 108 valence electrons. The van der Waals surface area contributed by atoms with Gasteiger partial charge in [0.2, 0.25) is 0 Å². The van der Waals surface area contributed by atoms with Gasteiger partial charge in [0.15, 0.2) is 0 Å². The molecule has 18 heavy (non-hydrogen) atoms. The summed E-state index contributed by atoms with van der Waals surface area (Å²) in [5, 5.41) is 0. The van der Waals surface area contributed by atoms with E-state index in [0.29, 0.717) is 5.41 Å². The molecule has 0 spiro atoms. The van der Waals surface area contributed by atoms with Crippen LogP contribution in [0.5, 0.6) is 0 Å². The van der Waals surface area contributed by atoms with Crippen molar-refractivity contribution in [1.82, 2.24) is 4.72 Å². The third-order valence-corrected chi connectivity index (χ3v) is 6.00. The van der Waals surface area contributed by atoms with Gasteiger partial charge in [0.25, 0.3) is 0 Å². The third kappa shape index (κ3) is 4.34. The van der Waals surface area contributed by atoms with Crippen LogP contribution in [0.3, 0.4) is 0 Å². The summed E-state index contributed by atoms with van der Waals surface area (Å²) in [5.41, 5.74) is 0.463. The van der Waals surface area contributed by atoms with Crippen LogP contribution in [0.4, 0.5) is 0 Å². The Morgan fingerprint density at radius 1 is 1.06 bits per heavy atom. The molecule has 1 aliphatic rings. The average molecular weight is 273 g/mol. The molecule has 1 saturated carbocycles. The molecule has 1 unspecified atom stereocenters. The van der Waals surface area contributed by atoms with Gasteiger partial charge in [-0.3, -0.25) is 0 Å². The van der Waals surface area contributed by atoms with Crippen LogP contribution >= 0.6 is 0 Å². The molecule has 0 bridgehead atoms. The zero-order valence-corrected chi connectivity index (χ0v) is 14.0. The molecule has 0 amide bonds. The van der Waals surface area contributed by atoms with Crippen molar-refractivity contribution < 1.29 is 4.21 Å². The molecule has 0 aromatic rings. The summed E-state index contributed by atoms with van der Waals surface area (Å²) < 4.78 is 15.4. The minimum atomic E-state index is -0.957. The molecule has 0 saturated heterocycles. The molecule has 0 aliphatic heterocycles.